The monoisotopic (exact) mass is 258 g/mol. The summed E-state index contributed by atoms with van der Waals surface area (Å²) in [6, 6.07) is 5.13. The smallest absolute Gasteiger partial charge is 0.165 e. The topological polar surface area (TPSA) is 9.23 Å². The maximum absolute atomic E-state index is 13.6. The van der Waals surface area contributed by atoms with Crippen molar-refractivity contribution in [3.05, 3.63) is 29.6 Å². The van der Waals surface area contributed by atoms with Gasteiger partial charge in [0.1, 0.15) is 0 Å². The number of halogens is 2. The van der Waals surface area contributed by atoms with Crippen molar-refractivity contribution in [3.63, 3.8) is 0 Å². The second-order valence-corrected chi connectivity index (χ2v) is 4.75. The molecule has 1 rings (SSSR count). The molecule has 1 aromatic carbocycles. The lowest BCUT2D eigenvalue weighted by Crippen LogP contribution is -2.24. The van der Waals surface area contributed by atoms with E-state index in [-0.39, 0.29) is 11.2 Å². The van der Waals surface area contributed by atoms with Crippen LogP contribution in [0.15, 0.2) is 18.2 Å². The van der Waals surface area contributed by atoms with Crippen molar-refractivity contribution in [3.8, 4) is 5.75 Å². The Morgan fingerprint density at radius 2 is 1.94 bits per heavy atom. The average molecular weight is 259 g/mol. The summed E-state index contributed by atoms with van der Waals surface area (Å²) in [4.78, 5) is 0. The third-order valence-electron chi connectivity index (χ3n) is 3.58. The van der Waals surface area contributed by atoms with Gasteiger partial charge in [-0.25, -0.2) is 4.39 Å². The Labute approximate surface area is 108 Å². The summed E-state index contributed by atoms with van der Waals surface area (Å²) in [5.41, 5.74) is 1.05. The highest BCUT2D eigenvalue weighted by atomic mass is 35.5. The van der Waals surface area contributed by atoms with Crippen LogP contribution in [0, 0.1) is 11.2 Å². The summed E-state index contributed by atoms with van der Waals surface area (Å²) >= 11 is 6.05. The molecule has 0 aliphatic rings. The summed E-state index contributed by atoms with van der Waals surface area (Å²) in [7, 11) is 1.47. The minimum atomic E-state index is -0.305. The van der Waals surface area contributed by atoms with Crippen LogP contribution in [-0.2, 0) is 6.42 Å². The highest BCUT2D eigenvalue weighted by Gasteiger charge is 2.25. The second kappa shape index (κ2) is 6.25. The highest BCUT2D eigenvalue weighted by molar-refractivity contribution is 6.18. The fourth-order valence-electron chi connectivity index (χ4n) is 1.99. The molecule has 0 aliphatic heterocycles. The van der Waals surface area contributed by atoms with E-state index in [0.717, 1.165) is 24.8 Å². The fourth-order valence-corrected chi connectivity index (χ4v) is 2.46. The van der Waals surface area contributed by atoms with Crippen molar-refractivity contribution in [1.29, 1.82) is 0 Å². The van der Waals surface area contributed by atoms with Gasteiger partial charge in [-0.15, -0.1) is 11.6 Å². The van der Waals surface area contributed by atoms with E-state index in [4.69, 9.17) is 16.3 Å². The Morgan fingerprint density at radius 3 is 2.35 bits per heavy atom. The maximum atomic E-state index is 13.6. The van der Waals surface area contributed by atoms with E-state index in [1.807, 2.05) is 6.07 Å². The van der Waals surface area contributed by atoms with Crippen LogP contribution >= 0.6 is 11.6 Å². The third kappa shape index (κ3) is 3.35. The van der Waals surface area contributed by atoms with Gasteiger partial charge in [-0.05, 0) is 42.4 Å². The van der Waals surface area contributed by atoms with E-state index in [1.54, 1.807) is 12.1 Å². The minimum Gasteiger partial charge on any atom is -0.494 e. The summed E-state index contributed by atoms with van der Waals surface area (Å²) in [5, 5.41) is 0. The number of hydrogen-bond donors (Lipinski definition) is 0. The molecular weight excluding hydrogens is 239 g/mol. The van der Waals surface area contributed by atoms with E-state index >= 15 is 0 Å². The fraction of sp³-hybridized carbons (Fsp3) is 0.571. The zero-order valence-corrected chi connectivity index (χ0v) is 11.5. The molecule has 0 unspecified atom stereocenters. The number of hydrogen-bond acceptors (Lipinski definition) is 1. The summed E-state index contributed by atoms with van der Waals surface area (Å²) in [5.74, 6) is 0.590. The lowest BCUT2D eigenvalue weighted by atomic mass is 9.79. The van der Waals surface area contributed by atoms with Crippen LogP contribution in [0.1, 0.15) is 32.3 Å². The molecule has 0 aromatic heterocycles. The molecule has 0 saturated carbocycles. The summed E-state index contributed by atoms with van der Waals surface area (Å²) in [6.45, 7) is 4.26. The van der Waals surface area contributed by atoms with E-state index in [9.17, 15) is 4.39 Å². The van der Waals surface area contributed by atoms with Crippen LogP contribution in [0.3, 0.4) is 0 Å². The van der Waals surface area contributed by atoms with Crippen LogP contribution in [0.4, 0.5) is 4.39 Å². The van der Waals surface area contributed by atoms with Gasteiger partial charge in [-0.1, -0.05) is 19.9 Å². The molecule has 0 amide bonds. The first-order valence-corrected chi connectivity index (χ1v) is 6.52. The van der Waals surface area contributed by atoms with E-state index in [2.05, 4.69) is 13.8 Å². The normalized spacial score (nSPS) is 11.6. The number of alkyl halides is 1. The van der Waals surface area contributed by atoms with Gasteiger partial charge in [0, 0.05) is 5.88 Å². The van der Waals surface area contributed by atoms with Crippen molar-refractivity contribution in [2.24, 2.45) is 5.41 Å². The minimum absolute atomic E-state index is 0.0720. The van der Waals surface area contributed by atoms with Crippen molar-refractivity contribution in [1.82, 2.24) is 0 Å². The lowest BCUT2D eigenvalue weighted by Gasteiger charge is -2.29. The Balaban J connectivity index is 2.90. The molecule has 1 aromatic rings. The SMILES string of the molecule is CCC(CC)(CCl)Cc1ccc(OC)c(F)c1. The largest absolute Gasteiger partial charge is 0.494 e. The Morgan fingerprint density at radius 1 is 1.29 bits per heavy atom. The highest BCUT2D eigenvalue weighted by Crippen LogP contribution is 2.33. The molecule has 0 saturated heterocycles. The molecule has 0 fully saturated rings. The number of benzene rings is 1. The molecule has 0 spiro atoms. The van der Waals surface area contributed by atoms with Crippen LogP contribution in [0.25, 0.3) is 0 Å². The Hall–Kier alpha value is -0.760. The van der Waals surface area contributed by atoms with Gasteiger partial charge >= 0.3 is 0 Å². The Bertz CT molecular complexity index is 353. The van der Waals surface area contributed by atoms with Crippen molar-refractivity contribution >= 4 is 11.6 Å². The zero-order chi connectivity index (χ0) is 12.9. The van der Waals surface area contributed by atoms with E-state index < -0.39 is 0 Å². The molecule has 3 heteroatoms. The third-order valence-corrected chi connectivity index (χ3v) is 4.15. The molecule has 1 nitrogen and oxygen atoms in total. The molecule has 0 atom stereocenters. The first-order chi connectivity index (χ1) is 8.10. The number of ether oxygens (including phenoxy) is 1. The molecule has 0 heterocycles. The van der Waals surface area contributed by atoms with Crippen molar-refractivity contribution in [2.45, 2.75) is 33.1 Å². The molecule has 0 bridgehead atoms. The lowest BCUT2D eigenvalue weighted by molar-refractivity contribution is 0.301. The standard InChI is InChI=1S/C14H20ClFO/c1-4-14(5-2,10-15)9-11-6-7-13(17-3)12(16)8-11/h6-8H,4-5,9-10H2,1-3H3. The number of rotatable bonds is 6. The summed E-state index contributed by atoms with van der Waals surface area (Å²) in [6.07, 6.45) is 2.81. The van der Waals surface area contributed by atoms with Gasteiger partial charge in [0.15, 0.2) is 11.6 Å². The van der Waals surface area contributed by atoms with Gasteiger partial charge in [0.25, 0.3) is 0 Å². The molecule has 0 N–H and O–H groups in total. The van der Waals surface area contributed by atoms with Gasteiger partial charge in [0.2, 0.25) is 0 Å². The van der Waals surface area contributed by atoms with Crippen molar-refractivity contribution < 1.29 is 9.13 Å². The average Bonchev–Trinajstić information content (AvgIpc) is 2.36. The van der Waals surface area contributed by atoms with Crippen molar-refractivity contribution in [2.75, 3.05) is 13.0 Å². The maximum Gasteiger partial charge on any atom is 0.165 e. The number of methoxy groups -OCH3 is 1. The predicted octanol–water partition coefficient (Wildman–Crippen LogP) is 4.42. The first-order valence-electron chi connectivity index (χ1n) is 5.99. The Kier molecular flexibility index (Phi) is 5.26. The predicted molar refractivity (Wildman–Crippen MR) is 70.4 cm³/mol. The van der Waals surface area contributed by atoms with E-state index in [1.165, 1.54) is 7.11 Å². The molecule has 0 radical (unpaired) electrons. The molecule has 0 aliphatic carbocycles. The van der Waals surface area contributed by atoms with Crippen LogP contribution in [0.5, 0.6) is 5.75 Å². The van der Waals surface area contributed by atoms with Gasteiger partial charge in [-0.2, -0.15) is 0 Å². The van der Waals surface area contributed by atoms with E-state index in [0.29, 0.717) is 11.6 Å². The molecular formula is C14H20ClFO. The van der Waals surface area contributed by atoms with Gasteiger partial charge in [0.05, 0.1) is 7.11 Å². The van der Waals surface area contributed by atoms with Gasteiger partial charge in [-0.3, -0.25) is 0 Å². The molecule has 96 valence electrons. The quantitative estimate of drug-likeness (QED) is 0.687. The molecule has 17 heavy (non-hydrogen) atoms. The van der Waals surface area contributed by atoms with Gasteiger partial charge < -0.3 is 4.74 Å². The summed E-state index contributed by atoms with van der Waals surface area (Å²) < 4.78 is 18.5. The van der Waals surface area contributed by atoms with Crippen LogP contribution < -0.4 is 4.74 Å². The van der Waals surface area contributed by atoms with Crippen LogP contribution in [-0.4, -0.2) is 13.0 Å². The van der Waals surface area contributed by atoms with Crippen LogP contribution in [0.2, 0.25) is 0 Å². The zero-order valence-electron chi connectivity index (χ0n) is 10.7. The second-order valence-electron chi connectivity index (χ2n) is 4.49. The first kappa shape index (κ1) is 14.3.